The first kappa shape index (κ1) is 10.0. The van der Waals surface area contributed by atoms with Crippen molar-refractivity contribution in [2.24, 2.45) is 7.05 Å². The Bertz CT molecular complexity index is 658. The minimum absolute atomic E-state index is 0.793. The van der Waals surface area contributed by atoms with Crippen LogP contribution in [0.15, 0.2) is 42.5 Å². The van der Waals surface area contributed by atoms with E-state index in [-0.39, 0.29) is 0 Å². The Labute approximate surface area is 99.7 Å². The highest BCUT2D eigenvalue weighted by Crippen LogP contribution is 2.25. The molecule has 0 saturated heterocycles. The standard InChI is InChI=1S/C14H13N3/c1-10-15-14(16-17(10)2)13-9-5-7-11-6-3-4-8-12(11)13/h3-9H,1-2H3. The molecular formula is C14H13N3. The molecule has 1 heterocycles. The van der Waals surface area contributed by atoms with Crippen LogP contribution in [0.25, 0.3) is 22.2 Å². The second-order valence-electron chi connectivity index (χ2n) is 4.13. The van der Waals surface area contributed by atoms with Gasteiger partial charge in [0.15, 0.2) is 5.82 Å². The zero-order valence-electron chi connectivity index (χ0n) is 9.88. The van der Waals surface area contributed by atoms with Gasteiger partial charge in [-0.1, -0.05) is 42.5 Å². The Hall–Kier alpha value is -2.16. The highest BCUT2D eigenvalue weighted by molar-refractivity contribution is 5.94. The number of aromatic nitrogens is 3. The highest BCUT2D eigenvalue weighted by atomic mass is 15.3. The van der Waals surface area contributed by atoms with Crippen LogP contribution in [0.4, 0.5) is 0 Å². The Kier molecular flexibility index (Phi) is 2.18. The number of hydrogen-bond donors (Lipinski definition) is 0. The van der Waals surface area contributed by atoms with Crippen LogP contribution in [0, 0.1) is 6.92 Å². The molecule has 3 heteroatoms. The molecule has 2 aromatic carbocycles. The van der Waals surface area contributed by atoms with E-state index in [0.29, 0.717) is 0 Å². The van der Waals surface area contributed by atoms with Crippen LogP contribution < -0.4 is 0 Å². The Balaban J connectivity index is 2.30. The molecule has 0 unspecified atom stereocenters. The van der Waals surface area contributed by atoms with Crippen molar-refractivity contribution in [1.29, 1.82) is 0 Å². The summed E-state index contributed by atoms with van der Waals surface area (Å²) in [6, 6.07) is 14.5. The number of hydrogen-bond acceptors (Lipinski definition) is 2. The third-order valence-electron chi connectivity index (χ3n) is 3.01. The van der Waals surface area contributed by atoms with E-state index in [0.717, 1.165) is 17.2 Å². The smallest absolute Gasteiger partial charge is 0.181 e. The van der Waals surface area contributed by atoms with E-state index < -0.39 is 0 Å². The summed E-state index contributed by atoms with van der Waals surface area (Å²) in [4.78, 5) is 4.48. The van der Waals surface area contributed by atoms with Crippen molar-refractivity contribution in [3.8, 4) is 11.4 Å². The number of fused-ring (bicyclic) bond motifs is 1. The van der Waals surface area contributed by atoms with Gasteiger partial charge in [-0.15, -0.1) is 0 Å². The van der Waals surface area contributed by atoms with Gasteiger partial charge in [0.2, 0.25) is 0 Å². The van der Waals surface area contributed by atoms with Crippen molar-refractivity contribution < 1.29 is 0 Å². The van der Waals surface area contributed by atoms with Gasteiger partial charge in [-0.25, -0.2) is 4.98 Å². The maximum Gasteiger partial charge on any atom is 0.181 e. The van der Waals surface area contributed by atoms with Crippen LogP contribution in [-0.2, 0) is 7.05 Å². The fourth-order valence-electron chi connectivity index (χ4n) is 2.00. The fraction of sp³-hybridized carbons (Fsp3) is 0.143. The van der Waals surface area contributed by atoms with E-state index in [2.05, 4.69) is 34.3 Å². The Morgan fingerprint density at radius 3 is 2.53 bits per heavy atom. The number of rotatable bonds is 1. The lowest BCUT2D eigenvalue weighted by Crippen LogP contribution is -1.92. The third-order valence-corrected chi connectivity index (χ3v) is 3.01. The van der Waals surface area contributed by atoms with Crippen LogP contribution in [0.3, 0.4) is 0 Å². The summed E-state index contributed by atoms with van der Waals surface area (Å²) in [6.07, 6.45) is 0. The van der Waals surface area contributed by atoms with Crippen LogP contribution >= 0.6 is 0 Å². The van der Waals surface area contributed by atoms with E-state index in [1.807, 2.05) is 32.2 Å². The molecule has 0 aliphatic carbocycles. The molecule has 0 N–H and O–H groups in total. The van der Waals surface area contributed by atoms with Gasteiger partial charge in [-0.05, 0) is 17.7 Å². The summed E-state index contributed by atoms with van der Waals surface area (Å²) in [7, 11) is 1.91. The van der Waals surface area contributed by atoms with E-state index in [9.17, 15) is 0 Å². The van der Waals surface area contributed by atoms with Crippen molar-refractivity contribution in [2.45, 2.75) is 6.92 Å². The summed E-state index contributed by atoms with van der Waals surface area (Å²) in [5.74, 6) is 1.72. The normalized spacial score (nSPS) is 10.9. The SMILES string of the molecule is Cc1nc(-c2cccc3ccccc23)nn1C. The average Bonchev–Trinajstić information content (AvgIpc) is 2.69. The van der Waals surface area contributed by atoms with Crippen LogP contribution in [0.5, 0.6) is 0 Å². The van der Waals surface area contributed by atoms with Gasteiger partial charge >= 0.3 is 0 Å². The zero-order chi connectivity index (χ0) is 11.8. The molecule has 0 amide bonds. The van der Waals surface area contributed by atoms with E-state index in [4.69, 9.17) is 0 Å². The zero-order valence-corrected chi connectivity index (χ0v) is 9.88. The van der Waals surface area contributed by atoms with Gasteiger partial charge in [-0.2, -0.15) is 5.10 Å². The first-order chi connectivity index (χ1) is 8.25. The average molecular weight is 223 g/mol. The predicted octanol–water partition coefficient (Wildman–Crippen LogP) is 2.94. The minimum Gasteiger partial charge on any atom is -0.253 e. The lowest BCUT2D eigenvalue weighted by Gasteiger charge is -2.02. The maximum absolute atomic E-state index is 4.48. The van der Waals surface area contributed by atoms with Gasteiger partial charge in [0.1, 0.15) is 5.82 Å². The molecule has 0 saturated carbocycles. The molecule has 3 nitrogen and oxygen atoms in total. The Morgan fingerprint density at radius 1 is 1.00 bits per heavy atom. The molecule has 3 rings (SSSR count). The van der Waals surface area contributed by atoms with Crippen LogP contribution in [0.2, 0.25) is 0 Å². The Morgan fingerprint density at radius 2 is 1.76 bits per heavy atom. The first-order valence-electron chi connectivity index (χ1n) is 5.61. The molecule has 0 aliphatic rings. The molecule has 84 valence electrons. The highest BCUT2D eigenvalue weighted by Gasteiger charge is 2.08. The van der Waals surface area contributed by atoms with Crippen molar-refractivity contribution in [3.05, 3.63) is 48.3 Å². The fourth-order valence-corrected chi connectivity index (χ4v) is 2.00. The molecule has 3 aromatic rings. The van der Waals surface area contributed by atoms with E-state index in [1.54, 1.807) is 4.68 Å². The summed E-state index contributed by atoms with van der Waals surface area (Å²) in [6.45, 7) is 1.96. The lowest BCUT2D eigenvalue weighted by molar-refractivity contribution is 0.736. The molecule has 0 radical (unpaired) electrons. The van der Waals surface area contributed by atoms with Gasteiger partial charge in [0.25, 0.3) is 0 Å². The molecule has 17 heavy (non-hydrogen) atoms. The van der Waals surface area contributed by atoms with Crippen molar-refractivity contribution in [2.75, 3.05) is 0 Å². The topological polar surface area (TPSA) is 30.7 Å². The second-order valence-corrected chi connectivity index (χ2v) is 4.13. The van der Waals surface area contributed by atoms with Crippen molar-refractivity contribution in [3.63, 3.8) is 0 Å². The lowest BCUT2D eigenvalue weighted by atomic mass is 10.0. The summed E-state index contributed by atoms with van der Waals surface area (Å²) in [5, 5.41) is 6.85. The quantitative estimate of drug-likeness (QED) is 0.635. The second kappa shape index (κ2) is 3.70. The predicted molar refractivity (Wildman–Crippen MR) is 68.7 cm³/mol. The largest absolute Gasteiger partial charge is 0.253 e. The number of aryl methyl sites for hydroxylation is 2. The molecule has 0 bridgehead atoms. The third kappa shape index (κ3) is 1.60. The summed E-state index contributed by atoms with van der Waals surface area (Å²) >= 11 is 0. The monoisotopic (exact) mass is 223 g/mol. The minimum atomic E-state index is 0.793. The molecule has 1 aromatic heterocycles. The van der Waals surface area contributed by atoms with Crippen LogP contribution in [-0.4, -0.2) is 14.8 Å². The molecule has 0 spiro atoms. The maximum atomic E-state index is 4.48. The van der Waals surface area contributed by atoms with Gasteiger partial charge < -0.3 is 0 Å². The van der Waals surface area contributed by atoms with Gasteiger partial charge in [0.05, 0.1) is 0 Å². The van der Waals surface area contributed by atoms with Gasteiger partial charge in [0, 0.05) is 12.6 Å². The number of nitrogens with zero attached hydrogens (tertiary/aromatic N) is 3. The summed E-state index contributed by atoms with van der Waals surface area (Å²) in [5.41, 5.74) is 1.09. The molecule has 0 fully saturated rings. The summed E-state index contributed by atoms with van der Waals surface area (Å²) < 4.78 is 1.80. The molecule has 0 atom stereocenters. The molecular weight excluding hydrogens is 210 g/mol. The molecule has 0 aliphatic heterocycles. The van der Waals surface area contributed by atoms with E-state index in [1.165, 1.54) is 10.8 Å². The van der Waals surface area contributed by atoms with Crippen LogP contribution in [0.1, 0.15) is 5.82 Å². The van der Waals surface area contributed by atoms with E-state index >= 15 is 0 Å². The number of benzene rings is 2. The van der Waals surface area contributed by atoms with Gasteiger partial charge in [-0.3, -0.25) is 4.68 Å². The first-order valence-corrected chi connectivity index (χ1v) is 5.61. The van der Waals surface area contributed by atoms with Crippen molar-refractivity contribution in [1.82, 2.24) is 14.8 Å². The van der Waals surface area contributed by atoms with Crippen molar-refractivity contribution >= 4 is 10.8 Å².